The topological polar surface area (TPSA) is 79.9 Å². The standard InChI is InChI=1S/C21H31N3O4/c1-4-22-21(26)24-10-9-15-11-18(27-2)19(28-3)12-16(15)17(24)13-23-20(25)14-7-5-6-8-14/h11-12,14,17H,4-10,13H2,1-3H3,(H,22,26)(H,23,25). The summed E-state index contributed by atoms with van der Waals surface area (Å²) in [6.07, 6.45) is 4.88. The molecule has 1 fully saturated rings. The third-order valence-corrected chi connectivity index (χ3v) is 5.79. The van der Waals surface area contributed by atoms with Crippen LogP contribution in [0.15, 0.2) is 12.1 Å². The third-order valence-electron chi connectivity index (χ3n) is 5.79. The fraction of sp³-hybridized carbons (Fsp3) is 0.619. The van der Waals surface area contributed by atoms with Crippen molar-refractivity contribution in [3.63, 3.8) is 0 Å². The Labute approximate surface area is 166 Å². The van der Waals surface area contributed by atoms with Gasteiger partial charge in [0.25, 0.3) is 0 Å². The maximum Gasteiger partial charge on any atom is 0.317 e. The van der Waals surface area contributed by atoms with E-state index in [4.69, 9.17) is 9.47 Å². The van der Waals surface area contributed by atoms with E-state index in [1.165, 1.54) is 0 Å². The minimum atomic E-state index is -0.236. The molecule has 0 aromatic heterocycles. The van der Waals surface area contributed by atoms with Gasteiger partial charge in [0.15, 0.2) is 11.5 Å². The van der Waals surface area contributed by atoms with Crippen LogP contribution in [0.3, 0.4) is 0 Å². The molecule has 0 radical (unpaired) electrons. The second-order valence-corrected chi connectivity index (χ2v) is 7.43. The van der Waals surface area contributed by atoms with Crippen LogP contribution in [0.4, 0.5) is 4.79 Å². The lowest BCUT2D eigenvalue weighted by Crippen LogP contribution is -2.49. The normalized spacial score (nSPS) is 19.1. The van der Waals surface area contributed by atoms with Crippen molar-refractivity contribution in [2.45, 2.75) is 45.1 Å². The number of hydrogen-bond acceptors (Lipinski definition) is 4. The number of rotatable bonds is 6. The monoisotopic (exact) mass is 389 g/mol. The van der Waals surface area contributed by atoms with Crippen molar-refractivity contribution in [1.82, 2.24) is 15.5 Å². The van der Waals surface area contributed by atoms with Crippen LogP contribution in [0, 0.1) is 5.92 Å². The highest BCUT2D eigenvalue weighted by Gasteiger charge is 2.33. The molecule has 154 valence electrons. The van der Waals surface area contributed by atoms with Crippen molar-refractivity contribution in [2.75, 3.05) is 33.9 Å². The first-order chi connectivity index (χ1) is 13.6. The lowest BCUT2D eigenvalue weighted by molar-refractivity contribution is -0.125. The second-order valence-electron chi connectivity index (χ2n) is 7.43. The van der Waals surface area contributed by atoms with Gasteiger partial charge in [0.05, 0.1) is 20.3 Å². The van der Waals surface area contributed by atoms with E-state index in [2.05, 4.69) is 10.6 Å². The van der Waals surface area contributed by atoms with Crippen LogP contribution in [0.5, 0.6) is 11.5 Å². The number of ether oxygens (including phenoxy) is 2. The molecule has 1 aromatic rings. The van der Waals surface area contributed by atoms with Gasteiger partial charge in [-0.1, -0.05) is 12.8 Å². The van der Waals surface area contributed by atoms with Crippen LogP contribution in [0.2, 0.25) is 0 Å². The fourth-order valence-electron chi connectivity index (χ4n) is 4.27. The molecule has 7 nitrogen and oxygen atoms in total. The lowest BCUT2D eigenvalue weighted by atomic mass is 9.91. The van der Waals surface area contributed by atoms with Gasteiger partial charge in [0.1, 0.15) is 0 Å². The molecule has 0 bridgehead atoms. The van der Waals surface area contributed by atoms with E-state index < -0.39 is 0 Å². The van der Waals surface area contributed by atoms with Gasteiger partial charge in [-0.15, -0.1) is 0 Å². The molecule has 2 N–H and O–H groups in total. The molecule has 0 spiro atoms. The lowest BCUT2D eigenvalue weighted by Gasteiger charge is -2.38. The van der Waals surface area contributed by atoms with Crippen molar-refractivity contribution in [3.8, 4) is 11.5 Å². The summed E-state index contributed by atoms with van der Waals surface area (Å²) in [5.41, 5.74) is 2.13. The summed E-state index contributed by atoms with van der Waals surface area (Å²) in [5.74, 6) is 1.51. The Hall–Kier alpha value is -2.44. The van der Waals surface area contributed by atoms with Crippen molar-refractivity contribution in [1.29, 1.82) is 0 Å². The number of benzene rings is 1. The van der Waals surface area contributed by atoms with Crippen molar-refractivity contribution in [3.05, 3.63) is 23.3 Å². The van der Waals surface area contributed by atoms with Crippen LogP contribution in [-0.4, -0.2) is 50.7 Å². The highest BCUT2D eigenvalue weighted by Crippen LogP contribution is 2.38. The van der Waals surface area contributed by atoms with Crippen molar-refractivity contribution in [2.24, 2.45) is 5.92 Å². The first-order valence-corrected chi connectivity index (χ1v) is 10.2. The van der Waals surface area contributed by atoms with Crippen LogP contribution in [0.1, 0.15) is 49.8 Å². The maximum atomic E-state index is 12.6. The molecule has 1 aliphatic heterocycles. The highest BCUT2D eigenvalue weighted by molar-refractivity contribution is 5.79. The average molecular weight is 389 g/mol. The molecule has 1 unspecified atom stereocenters. The number of carbonyl (C=O) groups is 2. The smallest absolute Gasteiger partial charge is 0.317 e. The molecular weight excluding hydrogens is 358 g/mol. The second kappa shape index (κ2) is 9.17. The van der Waals surface area contributed by atoms with Crippen LogP contribution >= 0.6 is 0 Å². The number of hydrogen-bond donors (Lipinski definition) is 2. The third kappa shape index (κ3) is 4.18. The summed E-state index contributed by atoms with van der Waals surface area (Å²) in [6.45, 7) is 3.46. The predicted molar refractivity (Wildman–Crippen MR) is 107 cm³/mol. The molecule has 3 amide bonds. The van der Waals surface area contributed by atoms with Gasteiger partial charge in [0, 0.05) is 25.6 Å². The van der Waals surface area contributed by atoms with Crippen LogP contribution < -0.4 is 20.1 Å². The first kappa shape index (κ1) is 20.3. The van der Waals surface area contributed by atoms with Gasteiger partial charge in [-0.2, -0.15) is 0 Å². The summed E-state index contributed by atoms with van der Waals surface area (Å²) < 4.78 is 10.9. The maximum absolute atomic E-state index is 12.6. The van der Waals surface area contributed by atoms with Gasteiger partial charge >= 0.3 is 6.03 Å². The molecule has 28 heavy (non-hydrogen) atoms. The van der Waals surface area contributed by atoms with Crippen LogP contribution in [0.25, 0.3) is 0 Å². The Morgan fingerprint density at radius 1 is 1.11 bits per heavy atom. The Kier molecular flexibility index (Phi) is 6.65. The number of nitrogens with zero attached hydrogens (tertiary/aromatic N) is 1. The number of methoxy groups -OCH3 is 2. The first-order valence-electron chi connectivity index (χ1n) is 10.2. The van der Waals surface area contributed by atoms with Gasteiger partial charge in [-0.3, -0.25) is 4.79 Å². The molecule has 0 saturated heterocycles. The summed E-state index contributed by atoms with van der Waals surface area (Å²) in [5, 5.41) is 5.98. The zero-order valence-electron chi connectivity index (χ0n) is 17.0. The summed E-state index contributed by atoms with van der Waals surface area (Å²) >= 11 is 0. The van der Waals surface area contributed by atoms with Crippen molar-refractivity contribution >= 4 is 11.9 Å². The quantitative estimate of drug-likeness (QED) is 0.784. The molecule has 3 rings (SSSR count). The van der Waals surface area contributed by atoms with E-state index in [-0.39, 0.29) is 23.9 Å². The van der Waals surface area contributed by atoms with Crippen LogP contribution in [-0.2, 0) is 11.2 Å². The molecule has 7 heteroatoms. The van der Waals surface area contributed by atoms with E-state index in [1.54, 1.807) is 14.2 Å². The Bertz CT molecular complexity index is 716. The SMILES string of the molecule is CCNC(=O)N1CCc2cc(OC)c(OC)cc2C1CNC(=O)C1CCCC1. The Morgan fingerprint density at radius 2 is 1.79 bits per heavy atom. The van der Waals surface area contributed by atoms with E-state index in [1.807, 2.05) is 24.0 Å². The summed E-state index contributed by atoms with van der Waals surface area (Å²) in [4.78, 5) is 27.0. The van der Waals surface area contributed by atoms with Crippen molar-refractivity contribution < 1.29 is 19.1 Å². The number of carbonyl (C=O) groups excluding carboxylic acids is 2. The average Bonchev–Trinajstić information content (AvgIpc) is 3.25. The molecule has 2 aliphatic rings. The summed E-state index contributed by atoms with van der Waals surface area (Å²) in [6, 6.07) is 3.57. The largest absolute Gasteiger partial charge is 0.493 e. The molecule has 1 atom stereocenters. The number of amides is 3. The minimum Gasteiger partial charge on any atom is -0.493 e. The Morgan fingerprint density at radius 3 is 2.43 bits per heavy atom. The highest BCUT2D eigenvalue weighted by atomic mass is 16.5. The number of urea groups is 1. The van der Waals surface area contributed by atoms with E-state index in [0.29, 0.717) is 31.1 Å². The van der Waals surface area contributed by atoms with E-state index in [0.717, 1.165) is 43.2 Å². The number of fused-ring (bicyclic) bond motifs is 1. The molecular formula is C21H31N3O4. The summed E-state index contributed by atoms with van der Waals surface area (Å²) in [7, 11) is 3.22. The fourth-order valence-corrected chi connectivity index (χ4v) is 4.27. The van der Waals surface area contributed by atoms with Gasteiger partial charge in [-0.25, -0.2) is 4.79 Å². The molecule has 1 aliphatic carbocycles. The van der Waals surface area contributed by atoms with E-state index >= 15 is 0 Å². The van der Waals surface area contributed by atoms with Gasteiger partial charge < -0.3 is 25.0 Å². The number of nitrogens with one attached hydrogen (secondary N) is 2. The zero-order valence-corrected chi connectivity index (χ0v) is 17.0. The minimum absolute atomic E-state index is 0.0981. The molecule has 1 heterocycles. The van der Waals surface area contributed by atoms with Gasteiger partial charge in [0.2, 0.25) is 5.91 Å². The van der Waals surface area contributed by atoms with E-state index in [9.17, 15) is 9.59 Å². The predicted octanol–water partition coefficient (Wildman–Crippen LogP) is 2.64. The zero-order chi connectivity index (χ0) is 20.1. The molecule has 1 saturated carbocycles. The Balaban J connectivity index is 1.86. The molecule has 1 aromatic carbocycles. The van der Waals surface area contributed by atoms with Gasteiger partial charge in [-0.05, 0) is 49.4 Å².